The van der Waals surface area contributed by atoms with Gasteiger partial charge in [-0.3, -0.25) is 10.1 Å². The molecule has 3 rings (SSSR count). The maximum atomic E-state index is 12.4. The maximum Gasteiger partial charge on any atom is 0.412 e. The van der Waals surface area contributed by atoms with Gasteiger partial charge >= 0.3 is 6.09 Å². The maximum absolute atomic E-state index is 12.4. The van der Waals surface area contributed by atoms with Gasteiger partial charge in [-0.1, -0.05) is 12.1 Å². The van der Waals surface area contributed by atoms with Gasteiger partial charge < -0.3 is 10.5 Å². The Labute approximate surface area is 129 Å². The van der Waals surface area contributed by atoms with Gasteiger partial charge in [-0.25, -0.2) is 4.79 Å². The number of amides is 1. The summed E-state index contributed by atoms with van der Waals surface area (Å²) in [6.07, 6.45) is 0.633. The molecule has 3 N–H and O–H groups in total. The van der Waals surface area contributed by atoms with Crippen LogP contribution in [-0.4, -0.2) is 43.9 Å². The van der Waals surface area contributed by atoms with Crippen molar-refractivity contribution in [1.29, 1.82) is 0 Å². The van der Waals surface area contributed by atoms with Crippen LogP contribution in [0.15, 0.2) is 30.5 Å². The molecule has 3 aromatic rings. The second-order valence-electron chi connectivity index (χ2n) is 4.58. The number of nitrogens with one attached hydrogen (secondary N) is 1. The largest absolute Gasteiger partial charge is 0.453 e. The molecule has 0 aliphatic carbocycles. The summed E-state index contributed by atoms with van der Waals surface area (Å²) in [6.45, 7) is -0.159. The van der Waals surface area contributed by atoms with Gasteiger partial charge in [-0.05, 0) is 12.1 Å². The summed E-state index contributed by atoms with van der Waals surface area (Å²) >= 11 is 0. The van der Waals surface area contributed by atoms with E-state index in [1.165, 1.54) is 18.0 Å². The molecule has 0 spiro atoms. The highest BCUT2D eigenvalue weighted by Gasteiger charge is 2.15. The van der Waals surface area contributed by atoms with E-state index in [0.717, 1.165) is 4.80 Å². The SMILES string of the molecule is COC(=O)Nc1cnn(CC(=O)n2nc(N)c3ccccc32)n1. The van der Waals surface area contributed by atoms with Gasteiger partial charge in [-0.2, -0.15) is 14.6 Å². The molecule has 0 bridgehead atoms. The van der Waals surface area contributed by atoms with E-state index in [0.29, 0.717) is 10.9 Å². The normalized spacial score (nSPS) is 10.7. The molecule has 0 unspecified atom stereocenters. The van der Waals surface area contributed by atoms with Gasteiger partial charge in [0.05, 0.1) is 18.8 Å². The Morgan fingerprint density at radius 3 is 2.87 bits per heavy atom. The first kappa shape index (κ1) is 14.5. The molecule has 10 heteroatoms. The fourth-order valence-electron chi connectivity index (χ4n) is 2.05. The number of benzene rings is 1. The van der Waals surface area contributed by atoms with Gasteiger partial charge in [0, 0.05) is 5.39 Å². The molecule has 0 aliphatic heterocycles. The van der Waals surface area contributed by atoms with Crippen molar-refractivity contribution >= 4 is 34.5 Å². The molecular weight excluding hydrogens is 302 g/mol. The minimum atomic E-state index is -0.672. The zero-order chi connectivity index (χ0) is 16.4. The number of methoxy groups -OCH3 is 1. The summed E-state index contributed by atoms with van der Waals surface area (Å²) in [6, 6.07) is 7.14. The number of rotatable bonds is 3. The third kappa shape index (κ3) is 2.81. The van der Waals surface area contributed by atoms with Crippen LogP contribution in [0.25, 0.3) is 10.9 Å². The fourth-order valence-corrected chi connectivity index (χ4v) is 2.05. The highest BCUT2D eigenvalue weighted by Crippen LogP contribution is 2.19. The molecule has 1 aromatic carbocycles. The lowest BCUT2D eigenvalue weighted by atomic mass is 10.2. The third-order valence-corrected chi connectivity index (χ3v) is 3.08. The molecule has 23 heavy (non-hydrogen) atoms. The Morgan fingerprint density at radius 1 is 1.30 bits per heavy atom. The monoisotopic (exact) mass is 315 g/mol. The predicted molar refractivity (Wildman–Crippen MR) is 80.8 cm³/mol. The number of anilines is 2. The van der Waals surface area contributed by atoms with E-state index >= 15 is 0 Å². The van der Waals surface area contributed by atoms with E-state index in [1.54, 1.807) is 18.2 Å². The van der Waals surface area contributed by atoms with Gasteiger partial charge in [0.15, 0.2) is 11.6 Å². The topological polar surface area (TPSA) is 130 Å². The van der Waals surface area contributed by atoms with Crippen LogP contribution in [0.2, 0.25) is 0 Å². The Bertz CT molecular complexity index is 883. The van der Waals surface area contributed by atoms with Crippen molar-refractivity contribution in [2.24, 2.45) is 0 Å². The van der Waals surface area contributed by atoms with Crippen LogP contribution in [-0.2, 0) is 11.3 Å². The van der Waals surface area contributed by atoms with Gasteiger partial charge in [-0.15, -0.1) is 10.2 Å². The smallest absolute Gasteiger partial charge is 0.412 e. The number of hydrogen-bond acceptors (Lipinski definition) is 7. The Morgan fingerprint density at radius 2 is 2.09 bits per heavy atom. The second kappa shape index (κ2) is 5.75. The first-order valence-corrected chi connectivity index (χ1v) is 6.60. The molecular formula is C13H13N7O3. The predicted octanol–water partition coefficient (Wildman–Crippen LogP) is 0.729. The number of fused-ring (bicyclic) bond motifs is 1. The molecule has 10 nitrogen and oxygen atoms in total. The van der Waals surface area contributed by atoms with Crippen LogP contribution < -0.4 is 11.1 Å². The van der Waals surface area contributed by atoms with Crippen molar-refractivity contribution in [3.05, 3.63) is 30.5 Å². The number of nitrogens with zero attached hydrogens (tertiary/aromatic N) is 5. The van der Waals surface area contributed by atoms with E-state index in [2.05, 4.69) is 25.3 Å². The molecule has 0 aliphatic rings. The number of nitrogen functional groups attached to an aromatic ring is 1. The summed E-state index contributed by atoms with van der Waals surface area (Å²) in [7, 11) is 1.23. The van der Waals surface area contributed by atoms with Crippen molar-refractivity contribution < 1.29 is 14.3 Å². The number of carbonyl (C=O) groups excluding carboxylic acids is 2. The molecule has 0 radical (unpaired) electrons. The van der Waals surface area contributed by atoms with Gasteiger partial charge in [0.25, 0.3) is 5.91 Å². The molecule has 2 heterocycles. The van der Waals surface area contributed by atoms with E-state index in [4.69, 9.17) is 5.73 Å². The lowest BCUT2D eigenvalue weighted by Gasteiger charge is -2.01. The number of hydrogen-bond donors (Lipinski definition) is 2. The highest BCUT2D eigenvalue weighted by molar-refractivity contribution is 5.96. The average Bonchev–Trinajstić information content (AvgIpc) is 3.12. The quantitative estimate of drug-likeness (QED) is 0.728. The number of nitrogens with two attached hydrogens (primary N) is 1. The second-order valence-corrected chi connectivity index (χ2v) is 4.58. The van der Waals surface area contributed by atoms with Gasteiger partial charge in [0.1, 0.15) is 6.54 Å². The Balaban J connectivity index is 1.80. The fraction of sp³-hybridized carbons (Fsp3) is 0.154. The van der Waals surface area contributed by atoms with E-state index < -0.39 is 6.09 Å². The first-order chi connectivity index (χ1) is 11.1. The van der Waals surface area contributed by atoms with Crippen LogP contribution in [0.5, 0.6) is 0 Å². The first-order valence-electron chi connectivity index (χ1n) is 6.60. The summed E-state index contributed by atoms with van der Waals surface area (Å²) in [5.41, 5.74) is 6.41. The Kier molecular flexibility index (Phi) is 3.63. The van der Waals surface area contributed by atoms with E-state index in [-0.39, 0.29) is 24.1 Å². The molecule has 0 saturated heterocycles. The number of ether oxygens (including phenoxy) is 1. The zero-order valence-electron chi connectivity index (χ0n) is 12.1. The minimum absolute atomic E-state index is 0.159. The molecule has 2 aromatic heterocycles. The Hall–Kier alpha value is -3.43. The summed E-state index contributed by atoms with van der Waals surface area (Å²) in [5, 5.41) is 14.9. The lowest BCUT2D eigenvalue weighted by molar-refractivity contribution is 0.0870. The highest BCUT2D eigenvalue weighted by atomic mass is 16.5. The van der Waals surface area contributed by atoms with Crippen LogP contribution in [0, 0.1) is 0 Å². The number of aromatic nitrogens is 5. The zero-order valence-corrected chi connectivity index (χ0v) is 12.1. The van der Waals surface area contributed by atoms with Crippen molar-refractivity contribution in [3.63, 3.8) is 0 Å². The molecule has 0 atom stereocenters. The molecule has 0 saturated carbocycles. The van der Waals surface area contributed by atoms with Crippen LogP contribution in [0.4, 0.5) is 16.4 Å². The number of carbonyl (C=O) groups is 2. The van der Waals surface area contributed by atoms with Crippen molar-refractivity contribution in [2.45, 2.75) is 6.54 Å². The average molecular weight is 315 g/mol. The standard InChI is InChI=1S/C13H13N7O3/c1-23-13(22)16-10-6-15-19(17-10)7-11(21)20-9-5-3-2-4-8(9)12(14)18-20/h2-6H,7H2,1H3,(H2,14,18)(H,16,17,22). The van der Waals surface area contributed by atoms with Crippen molar-refractivity contribution in [3.8, 4) is 0 Å². The van der Waals surface area contributed by atoms with Crippen LogP contribution >= 0.6 is 0 Å². The minimum Gasteiger partial charge on any atom is -0.453 e. The third-order valence-electron chi connectivity index (χ3n) is 3.08. The number of para-hydroxylation sites is 1. The molecule has 0 fully saturated rings. The van der Waals surface area contributed by atoms with Crippen molar-refractivity contribution in [2.75, 3.05) is 18.2 Å². The van der Waals surface area contributed by atoms with E-state index in [1.807, 2.05) is 6.07 Å². The molecule has 1 amide bonds. The van der Waals surface area contributed by atoms with Crippen molar-refractivity contribution in [1.82, 2.24) is 24.8 Å². The summed E-state index contributed by atoms with van der Waals surface area (Å²) in [4.78, 5) is 24.6. The van der Waals surface area contributed by atoms with E-state index in [9.17, 15) is 9.59 Å². The summed E-state index contributed by atoms with van der Waals surface area (Å²) < 4.78 is 5.65. The van der Waals surface area contributed by atoms with Crippen LogP contribution in [0.3, 0.4) is 0 Å². The molecule has 118 valence electrons. The van der Waals surface area contributed by atoms with Gasteiger partial charge in [0.2, 0.25) is 0 Å². The lowest BCUT2D eigenvalue weighted by Crippen LogP contribution is -2.21. The van der Waals surface area contributed by atoms with Crippen LogP contribution in [0.1, 0.15) is 4.79 Å². The summed E-state index contributed by atoms with van der Waals surface area (Å²) in [5.74, 6) is 0.0861.